The summed E-state index contributed by atoms with van der Waals surface area (Å²) in [6.45, 7) is 6.62. The molecule has 0 aromatic rings. The van der Waals surface area contributed by atoms with Crippen molar-refractivity contribution in [1.29, 1.82) is 0 Å². The lowest BCUT2D eigenvalue weighted by molar-refractivity contribution is -0.167. The van der Waals surface area contributed by atoms with E-state index in [9.17, 15) is 14.4 Å². The zero-order chi connectivity index (χ0) is 47.2. The SMILES string of the molecule is CCCCCCCCCC/C=C\CCCCCCCCCCCCCCCCCCCC(=O)OCC(COC(=O)CCCCCCCC)OC(=O)CCCCCCCCCCCCCC. The molecule has 65 heavy (non-hydrogen) atoms. The van der Waals surface area contributed by atoms with E-state index in [1.165, 1.54) is 231 Å². The molecule has 0 bridgehead atoms. The Labute approximate surface area is 405 Å². The molecule has 0 fully saturated rings. The van der Waals surface area contributed by atoms with Crippen molar-refractivity contribution < 1.29 is 28.6 Å². The van der Waals surface area contributed by atoms with Crippen LogP contribution in [0.1, 0.15) is 329 Å². The van der Waals surface area contributed by atoms with Crippen molar-refractivity contribution in [3.05, 3.63) is 12.2 Å². The third-order valence-corrected chi connectivity index (χ3v) is 13.3. The standard InChI is InChI=1S/C59H112O6/c1-4-7-10-13-16-18-20-22-23-24-25-26-27-28-29-30-31-32-33-34-35-36-37-38-40-41-43-46-49-52-58(61)64-55-56(54-63-57(60)51-48-45-15-12-9-6-3)65-59(62)53-50-47-44-42-39-21-19-17-14-11-8-5-2/h24-25,56H,4-23,26-55H2,1-3H3/b25-24-. The Kier molecular flexibility index (Phi) is 53.2. The van der Waals surface area contributed by atoms with Crippen molar-refractivity contribution >= 4 is 17.9 Å². The molecule has 384 valence electrons. The number of esters is 3. The summed E-state index contributed by atoms with van der Waals surface area (Å²) in [5.74, 6) is -0.856. The first kappa shape index (κ1) is 63.1. The highest BCUT2D eigenvalue weighted by molar-refractivity contribution is 5.71. The number of rotatable bonds is 54. The van der Waals surface area contributed by atoms with Gasteiger partial charge in [-0.05, 0) is 44.9 Å². The van der Waals surface area contributed by atoms with Gasteiger partial charge in [0.1, 0.15) is 13.2 Å². The molecule has 0 heterocycles. The van der Waals surface area contributed by atoms with Gasteiger partial charge in [0.05, 0.1) is 0 Å². The Morgan fingerprint density at radius 3 is 0.769 bits per heavy atom. The van der Waals surface area contributed by atoms with E-state index in [1.807, 2.05) is 0 Å². The fraction of sp³-hybridized carbons (Fsp3) is 0.915. The first-order valence-electron chi connectivity index (χ1n) is 29.2. The van der Waals surface area contributed by atoms with Gasteiger partial charge in [-0.2, -0.15) is 0 Å². The van der Waals surface area contributed by atoms with Crippen LogP contribution in [0.15, 0.2) is 12.2 Å². The van der Waals surface area contributed by atoms with Gasteiger partial charge in [-0.3, -0.25) is 14.4 Å². The van der Waals surface area contributed by atoms with Crippen LogP contribution in [0.25, 0.3) is 0 Å². The van der Waals surface area contributed by atoms with Gasteiger partial charge >= 0.3 is 17.9 Å². The maximum Gasteiger partial charge on any atom is 0.306 e. The van der Waals surface area contributed by atoms with Crippen LogP contribution in [-0.2, 0) is 28.6 Å². The normalized spacial score (nSPS) is 12.0. The summed E-state index contributed by atoms with van der Waals surface area (Å²) in [6.07, 6.45) is 62.6. The fourth-order valence-electron chi connectivity index (χ4n) is 8.85. The number of carbonyl (C=O) groups excluding carboxylic acids is 3. The molecular weight excluding hydrogens is 805 g/mol. The predicted molar refractivity (Wildman–Crippen MR) is 280 cm³/mol. The van der Waals surface area contributed by atoms with E-state index in [1.54, 1.807) is 0 Å². The molecule has 0 N–H and O–H groups in total. The van der Waals surface area contributed by atoms with Crippen molar-refractivity contribution in [3.8, 4) is 0 Å². The Morgan fingerprint density at radius 2 is 0.508 bits per heavy atom. The molecule has 0 aromatic carbocycles. The van der Waals surface area contributed by atoms with Gasteiger partial charge in [0.15, 0.2) is 6.10 Å². The summed E-state index contributed by atoms with van der Waals surface area (Å²) in [5, 5.41) is 0. The van der Waals surface area contributed by atoms with Gasteiger partial charge in [0.25, 0.3) is 0 Å². The van der Waals surface area contributed by atoms with Crippen molar-refractivity contribution in [3.63, 3.8) is 0 Å². The first-order chi connectivity index (χ1) is 32.0. The summed E-state index contributed by atoms with van der Waals surface area (Å²) < 4.78 is 16.7. The average molecular weight is 918 g/mol. The molecule has 0 rings (SSSR count). The van der Waals surface area contributed by atoms with Crippen LogP contribution in [0.3, 0.4) is 0 Å². The van der Waals surface area contributed by atoms with Crippen LogP contribution >= 0.6 is 0 Å². The van der Waals surface area contributed by atoms with Gasteiger partial charge in [-0.25, -0.2) is 0 Å². The van der Waals surface area contributed by atoms with Crippen LogP contribution in [0.4, 0.5) is 0 Å². The van der Waals surface area contributed by atoms with E-state index in [0.717, 1.165) is 57.8 Å². The Hall–Kier alpha value is -1.85. The Morgan fingerprint density at radius 1 is 0.292 bits per heavy atom. The smallest absolute Gasteiger partial charge is 0.306 e. The lowest BCUT2D eigenvalue weighted by Gasteiger charge is -2.18. The van der Waals surface area contributed by atoms with Gasteiger partial charge in [0.2, 0.25) is 0 Å². The minimum atomic E-state index is -0.760. The zero-order valence-electron chi connectivity index (χ0n) is 44.0. The topological polar surface area (TPSA) is 78.9 Å². The fourth-order valence-corrected chi connectivity index (χ4v) is 8.85. The second kappa shape index (κ2) is 54.8. The number of unbranched alkanes of at least 4 members (excludes halogenated alkanes) is 41. The summed E-state index contributed by atoms with van der Waals surface area (Å²) in [4.78, 5) is 37.8. The molecule has 1 atom stereocenters. The van der Waals surface area contributed by atoms with Crippen LogP contribution in [-0.4, -0.2) is 37.2 Å². The van der Waals surface area contributed by atoms with Crippen LogP contribution in [0.5, 0.6) is 0 Å². The molecule has 0 amide bonds. The summed E-state index contributed by atoms with van der Waals surface area (Å²) >= 11 is 0. The maximum absolute atomic E-state index is 12.7. The largest absolute Gasteiger partial charge is 0.462 e. The van der Waals surface area contributed by atoms with Crippen LogP contribution in [0.2, 0.25) is 0 Å². The lowest BCUT2D eigenvalue weighted by Crippen LogP contribution is -2.30. The summed E-state index contributed by atoms with van der Waals surface area (Å²) in [6, 6.07) is 0. The number of allylic oxidation sites excluding steroid dienone is 2. The highest BCUT2D eigenvalue weighted by Crippen LogP contribution is 2.17. The van der Waals surface area contributed by atoms with Crippen LogP contribution < -0.4 is 0 Å². The minimum absolute atomic E-state index is 0.0644. The molecule has 0 aliphatic heterocycles. The van der Waals surface area contributed by atoms with Crippen LogP contribution in [0, 0.1) is 0 Å². The highest BCUT2D eigenvalue weighted by Gasteiger charge is 2.19. The van der Waals surface area contributed by atoms with E-state index < -0.39 is 6.10 Å². The molecule has 0 aliphatic carbocycles. The molecule has 0 radical (unpaired) electrons. The molecule has 1 unspecified atom stereocenters. The molecule has 0 saturated heterocycles. The summed E-state index contributed by atoms with van der Waals surface area (Å²) in [7, 11) is 0. The van der Waals surface area contributed by atoms with Crippen molar-refractivity contribution in [2.24, 2.45) is 0 Å². The molecule has 0 aliphatic rings. The number of carbonyl (C=O) groups is 3. The molecule has 6 nitrogen and oxygen atoms in total. The monoisotopic (exact) mass is 917 g/mol. The number of hydrogen-bond donors (Lipinski definition) is 0. The number of hydrogen-bond acceptors (Lipinski definition) is 6. The van der Waals surface area contributed by atoms with E-state index >= 15 is 0 Å². The van der Waals surface area contributed by atoms with Gasteiger partial charge < -0.3 is 14.2 Å². The second-order valence-corrected chi connectivity index (χ2v) is 19.9. The maximum atomic E-state index is 12.7. The van der Waals surface area contributed by atoms with E-state index in [0.29, 0.717) is 19.3 Å². The zero-order valence-corrected chi connectivity index (χ0v) is 44.0. The second-order valence-electron chi connectivity index (χ2n) is 19.9. The van der Waals surface area contributed by atoms with E-state index in [4.69, 9.17) is 14.2 Å². The molecule has 6 heteroatoms. The van der Waals surface area contributed by atoms with E-state index in [2.05, 4.69) is 32.9 Å². The van der Waals surface area contributed by atoms with Crippen molar-refractivity contribution in [1.82, 2.24) is 0 Å². The minimum Gasteiger partial charge on any atom is -0.462 e. The van der Waals surface area contributed by atoms with Gasteiger partial charge in [-0.15, -0.1) is 0 Å². The Bertz CT molecular complexity index is 1010. The third kappa shape index (κ3) is 53.0. The van der Waals surface area contributed by atoms with Crippen molar-refractivity contribution in [2.45, 2.75) is 335 Å². The molecular formula is C59H112O6. The van der Waals surface area contributed by atoms with E-state index in [-0.39, 0.29) is 31.1 Å². The highest BCUT2D eigenvalue weighted by atomic mass is 16.6. The molecule has 0 aromatic heterocycles. The van der Waals surface area contributed by atoms with Gasteiger partial charge in [0, 0.05) is 19.3 Å². The molecule has 0 saturated carbocycles. The lowest BCUT2D eigenvalue weighted by atomic mass is 10.0. The van der Waals surface area contributed by atoms with Crippen molar-refractivity contribution in [2.75, 3.05) is 13.2 Å². The third-order valence-electron chi connectivity index (χ3n) is 13.3. The van der Waals surface area contributed by atoms with Gasteiger partial charge in [-0.1, -0.05) is 277 Å². The number of ether oxygens (including phenoxy) is 3. The average Bonchev–Trinajstić information content (AvgIpc) is 3.30. The Balaban J connectivity index is 3.93. The first-order valence-corrected chi connectivity index (χ1v) is 29.2. The summed E-state index contributed by atoms with van der Waals surface area (Å²) in [5.41, 5.74) is 0. The molecule has 0 spiro atoms. The predicted octanol–water partition coefficient (Wildman–Crippen LogP) is 19.3. The quantitative estimate of drug-likeness (QED) is 0.0262.